The lowest BCUT2D eigenvalue weighted by atomic mass is 9.96. The van der Waals surface area contributed by atoms with Crippen LogP contribution in [0.2, 0.25) is 5.02 Å². The Kier molecular flexibility index (Phi) is 5.49. The van der Waals surface area contributed by atoms with Crippen LogP contribution in [0.5, 0.6) is 5.75 Å². The van der Waals surface area contributed by atoms with E-state index in [2.05, 4.69) is 26.1 Å². The summed E-state index contributed by atoms with van der Waals surface area (Å²) in [4.78, 5) is 15.3. The first-order chi connectivity index (χ1) is 15.6. The molecule has 1 amide bonds. The fraction of sp³-hybridized carbons (Fsp3) is 0.120. The van der Waals surface area contributed by atoms with Crippen LogP contribution in [0.3, 0.4) is 0 Å². The Morgan fingerprint density at radius 1 is 1.03 bits per heavy atom. The molecule has 1 aliphatic rings. The Bertz CT molecular complexity index is 1270. The summed E-state index contributed by atoms with van der Waals surface area (Å²) in [6.45, 7) is 2.56. The lowest BCUT2D eigenvalue weighted by Crippen LogP contribution is -2.29. The number of hydrogen-bond acceptors (Lipinski definition) is 3. The van der Waals surface area contributed by atoms with Crippen molar-refractivity contribution in [2.75, 3.05) is 11.5 Å². The number of carbonyl (C=O) groups excluding carboxylic acids is 1. The Hall–Kier alpha value is -3.09. The van der Waals surface area contributed by atoms with Gasteiger partial charge in [0.15, 0.2) is 0 Å². The molecule has 1 aliphatic heterocycles. The van der Waals surface area contributed by atoms with Gasteiger partial charge < -0.3 is 4.74 Å². The summed E-state index contributed by atoms with van der Waals surface area (Å²) in [5.74, 6) is 0.678. The molecule has 2 heterocycles. The highest BCUT2D eigenvalue weighted by atomic mass is 79.9. The number of carbonyl (C=O) groups is 1. The third-order valence-electron chi connectivity index (χ3n) is 5.50. The summed E-state index contributed by atoms with van der Waals surface area (Å²) in [5, 5.41) is 8.16. The van der Waals surface area contributed by atoms with E-state index in [1.807, 2.05) is 79.7 Å². The van der Waals surface area contributed by atoms with Gasteiger partial charge in [-0.1, -0.05) is 39.7 Å². The second-order valence-electron chi connectivity index (χ2n) is 7.42. The lowest BCUT2D eigenvalue weighted by Gasteiger charge is -2.26. The number of nitrogens with one attached hydrogen (secondary N) is 1. The average molecular weight is 509 g/mol. The molecular weight excluding hydrogens is 490 g/mol. The zero-order valence-electron chi connectivity index (χ0n) is 17.2. The number of nitrogens with zero attached hydrogens (tertiary/aromatic N) is 2. The molecule has 160 valence electrons. The van der Waals surface area contributed by atoms with Crippen molar-refractivity contribution in [3.8, 4) is 17.0 Å². The molecule has 1 atom stereocenters. The van der Waals surface area contributed by atoms with Crippen molar-refractivity contribution in [3.05, 3.63) is 99.1 Å². The van der Waals surface area contributed by atoms with E-state index in [1.165, 1.54) is 0 Å². The number of rotatable bonds is 5. The van der Waals surface area contributed by atoms with Crippen LogP contribution in [-0.4, -0.2) is 22.7 Å². The maximum atomic E-state index is 13.5. The van der Waals surface area contributed by atoms with Crippen molar-refractivity contribution in [3.63, 3.8) is 0 Å². The first kappa shape index (κ1) is 20.8. The fourth-order valence-corrected chi connectivity index (χ4v) is 4.46. The maximum Gasteiger partial charge on any atom is 0.277 e. The van der Waals surface area contributed by atoms with Crippen LogP contribution in [0.25, 0.3) is 11.3 Å². The zero-order valence-corrected chi connectivity index (χ0v) is 19.5. The normalized spacial score (nSPS) is 15.2. The van der Waals surface area contributed by atoms with Crippen LogP contribution in [0.15, 0.2) is 77.3 Å². The van der Waals surface area contributed by atoms with Crippen molar-refractivity contribution in [1.29, 1.82) is 0 Å². The van der Waals surface area contributed by atoms with Crippen LogP contribution in [-0.2, 0) is 0 Å². The highest BCUT2D eigenvalue weighted by molar-refractivity contribution is 9.10. The van der Waals surface area contributed by atoms with Gasteiger partial charge >= 0.3 is 0 Å². The van der Waals surface area contributed by atoms with Gasteiger partial charge in [-0.25, -0.2) is 0 Å². The first-order valence-corrected chi connectivity index (χ1v) is 11.4. The highest BCUT2D eigenvalue weighted by Crippen LogP contribution is 2.45. The van der Waals surface area contributed by atoms with Gasteiger partial charge in [0.25, 0.3) is 5.91 Å². The third kappa shape index (κ3) is 3.59. The monoisotopic (exact) mass is 507 g/mol. The highest BCUT2D eigenvalue weighted by Gasteiger charge is 2.43. The number of H-pyrrole nitrogens is 1. The minimum atomic E-state index is -0.337. The number of hydrogen-bond donors (Lipinski definition) is 1. The summed E-state index contributed by atoms with van der Waals surface area (Å²) >= 11 is 9.62. The molecule has 5 rings (SSSR count). The molecule has 0 saturated carbocycles. The molecule has 5 nitrogen and oxygen atoms in total. The van der Waals surface area contributed by atoms with Crippen molar-refractivity contribution in [2.24, 2.45) is 0 Å². The molecule has 0 radical (unpaired) electrons. The molecule has 1 aromatic heterocycles. The van der Waals surface area contributed by atoms with Crippen LogP contribution < -0.4 is 9.64 Å². The third-order valence-corrected chi connectivity index (χ3v) is 6.28. The minimum absolute atomic E-state index is 0.119. The topological polar surface area (TPSA) is 58.2 Å². The molecule has 32 heavy (non-hydrogen) atoms. The second kappa shape index (κ2) is 8.45. The van der Waals surface area contributed by atoms with Gasteiger partial charge in [0.2, 0.25) is 0 Å². The van der Waals surface area contributed by atoms with Gasteiger partial charge in [-0.3, -0.25) is 14.8 Å². The van der Waals surface area contributed by atoms with E-state index in [0.717, 1.165) is 38.3 Å². The fourth-order valence-electron chi connectivity index (χ4n) is 4.07. The van der Waals surface area contributed by atoms with Gasteiger partial charge in [0, 0.05) is 26.3 Å². The number of aromatic nitrogens is 2. The smallest absolute Gasteiger partial charge is 0.277 e. The van der Waals surface area contributed by atoms with E-state index in [0.29, 0.717) is 17.3 Å². The molecule has 0 aliphatic carbocycles. The van der Waals surface area contributed by atoms with Gasteiger partial charge in [0.05, 0.1) is 18.3 Å². The quantitative estimate of drug-likeness (QED) is 0.329. The molecule has 0 unspecified atom stereocenters. The van der Waals surface area contributed by atoms with Crippen LogP contribution >= 0.6 is 27.5 Å². The second-order valence-corrected chi connectivity index (χ2v) is 8.78. The predicted octanol–water partition coefficient (Wildman–Crippen LogP) is 6.64. The van der Waals surface area contributed by atoms with Crippen LogP contribution in [0.4, 0.5) is 5.69 Å². The van der Waals surface area contributed by atoms with E-state index < -0.39 is 0 Å². The lowest BCUT2D eigenvalue weighted by molar-refractivity contribution is 0.0989. The van der Waals surface area contributed by atoms with E-state index >= 15 is 0 Å². The van der Waals surface area contributed by atoms with Crippen molar-refractivity contribution in [1.82, 2.24) is 10.2 Å². The van der Waals surface area contributed by atoms with Crippen molar-refractivity contribution >= 4 is 39.1 Å². The summed E-state index contributed by atoms with van der Waals surface area (Å²) < 4.78 is 6.52. The van der Waals surface area contributed by atoms with Crippen molar-refractivity contribution < 1.29 is 9.53 Å². The Balaban J connectivity index is 1.66. The van der Waals surface area contributed by atoms with E-state index in [9.17, 15) is 4.79 Å². The zero-order chi connectivity index (χ0) is 22.2. The maximum absolute atomic E-state index is 13.5. The van der Waals surface area contributed by atoms with E-state index in [-0.39, 0.29) is 11.9 Å². The molecule has 0 bridgehead atoms. The van der Waals surface area contributed by atoms with E-state index in [1.54, 1.807) is 4.90 Å². The SMILES string of the molecule is CCOc1ccc(-c2n[nH]c3c2[C@H](c2ccc(Cl)cc2)N(c2ccc(Br)cc2)C3=O)cc1. The number of amides is 1. The van der Waals surface area contributed by atoms with Crippen LogP contribution in [0.1, 0.15) is 34.6 Å². The Morgan fingerprint density at radius 3 is 2.38 bits per heavy atom. The molecule has 0 fully saturated rings. The number of aromatic amines is 1. The minimum Gasteiger partial charge on any atom is -0.494 e. The number of anilines is 1. The van der Waals surface area contributed by atoms with Gasteiger partial charge in [-0.2, -0.15) is 5.10 Å². The molecule has 7 heteroatoms. The van der Waals surface area contributed by atoms with Crippen molar-refractivity contribution in [2.45, 2.75) is 13.0 Å². The number of halogens is 2. The summed E-state index contributed by atoms with van der Waals surface area (Å²) in [6.07, 6.45) is 0. The molecule has 1 N–H and O–H groups in total. The standard InChI is InChI=1S/C25H19BrClN3O2/c1-2-32-20-13-5-15(6-14-20)22-21-23(29-28-22)25(31)30(19-11-7-17(26)8-12-19)24(21)16-3-9-18(27)10-4-16/h3-14,24H,2H2,1H3,(H,28,29)/t24-/m0/s1. The molecule has 0 spiro atoms. The predicted molar refractivity (Wildman–Crippen MR) is 129 cm³/mol. The summed E-state index contributed by atoms with van der Waals surface area (Å²) in [7, 11) is 0. The molecular formula is C25H19BrClN3O2. The van der Waals surface area contributed by atoms with E-state index in [4.69, 9.17) is 16.3 Å². The molecule has 3 aromatic carbocycles. The van der Waals surface area contributed by atoms with Crippen LogP contribution in [0, 0.1) is 0 Å². The first-order valence-electron chi connectivity index (χ1n) is 10.2. The number of benzene rings is 3. The Labute approximate surface area is 199 Å². The largest absolute Gasteiger partial charge is 0.494 e. The summed E-state index contributed by atoms with van der Waals surface area (Å²) in [5.41, 5.74) is 4.77. The van der Waals surface area contributed by atoms with Gasteiger partial charge in [-0.05, 0) is 73.2 Å². The number of ether oxygens (including phenoxy) is 1. The molecule has 4 aromatic rings. The Morgan fingerprint density at radius 2 is 1.72 bits per heavy atom. The van der Waals surface area contributed by atoms with Gasteiger partial charge in [-0.15, -0.1) is 0 Å². The van der Waals surface area contributed by atoms with Gasteiger partial charge in [0.1, 0.15) is 11.4 Å². The number of fused-ring (bicyclic) bond motifs is 1. The summed E-state index contributed by atoms with van der Waals surface area (Å²) in [6, 6.07) is 22.7. The average Bonchev–Trinajstić information content (AvgIpc) is 3.35. The molecule has 0 saturated heterocycles.